The number of carbonyl (C=O) groups excluding carboxylic acids is 2. The number of ketones is 1. The van der Waals surface area contributed by atoms with E-state index in [2.05, 4.69) is 9.88 Å². The topological polar surface area (TPSA) is 64.8 Å². The number of ether oxygens (including phenoxy) is 1. The summed E-state index contributed by atoms with van der Waals surface area (Å²) in [6, 6.07) is 7.91. The standard InChI is InChI=1S/C24H33N3O3/c1-16-8-6-9-17(2)24(16)25-23(29)15-26(5)14-22(28)21-12-18(3)27(19(21)4)13-20-10-7-11-30-20/h6,8-9,12,20H,7,10-11,13-15H2,1-5H3,(H,25,29)/p+1/t20-/m0/s1. The first-order valence-corrected chi connectivity index (χ1v) is 10.7. The Kier molecular flexibility index (Phi) is 7.10. The molecule has 0 aliphatic carbocycles. The van der Waals surface area contributed by atoms with E-state index < -0.39 is 0 Å². The predicted octanol–water partition coefficient (Wildman–Crippen LogP) is 2.24. The van der Waals surface area contributed by atoms with Crippen LogP contribution in [0, 0.1) is 27.7 Å². The lowest BCUT2D eigenvalue weighted by molar-refractivity contribution is -0.861. The van der Waals surface area contributed by atoms with Crippen molar-refractivity contribution in [1.82, 2.24) is 4.57 Å². The lowest BCUT2D eigenvalue weighted by Gasteiger charge is -2.16. The molecule has 0 bridgehead atoms. The number of nitrogens with one attached hydrogen (secondary N) is 2. The minimum atomic E-state index is -0.0819. The first kappa shape index (κ1) is 22.2. The summed E-state index contributed by atoms with van der Waals surface area (Å²) >= 11 is 0. The molecule has 6 heteroatoms. The number of nitrogens with zero attached hydrogens (tertiary/aromatic N) is 1. The van der Waals surface area contributed by atoms with Gasteiger partial charge in [0, 0.05) is 35.8 Å². The number of likely N-dealkylation sites (N-methyl/N-ethyl adjacent to an activating group) is 1. The Hall–Kier alpha value is -2.44. The fourth-order valence-electron chi connectivity index (χ4n) is 4.26. The number of anilines is 1. The van der Waals surface area contributed by atoms with Crippen LogP contribution in [0.5, 0.6) is 0 Å². The number of carbonyl (C=O) groups is 2. The van der Waals surface area contributed by atoms with Gasteiger partial charge in [-0.3, -0.25) is 9.59 Å². The van der Waals surface area contributed by atoms with E-state index in [0.29, 0.717) is 0 Å². The van der Waals surface area contributed by atoms with Crippen LogP contribution in [0.3, 0.4) is 0 Å². The third-order valence-corrected chi connectivity index (χ3v) is 5.95. The third-order valence-electron chi connectivity index (χ3n) is 5.95. The maximum absolute atomic E-state index is 12.9. The third kappa shape index (κ3) is 5.18. The molecule has 2 N–H and O–H groups in total. The number of aryl methyl sites for hydroxylation is 3. The molecule has 1 aliphatic heterocycles. The van der Waals surface area contributed by atoms with Gasteiger partial charge < -0.3 is 19.5 Å². The van der Waals surface area contributed by atoms with Gasteiger partial charge in [-0.05, 0) is 57.7 Å². The van der Waals surface area contributed by atoms with E-state index in [-0.39, 0.29) is 30.9 Å². The van der Waals surface area contributed by atoms with Gasteiger partial charge in [0.15, 0.2) is 6.54 Å². The fraction of sp³-hybridized carbons (Fsp3) is 0.500. The molecule has 1 aromatic carbocycles. The van der Waals surface area contributed by atoms with Gasteiger partial charge in [0.2, 0.25) is 5.78 Å². The molecule has 2 heterocycles. The van der Waals surface area contributed by atoms with E-state index in [9.17, 15) is 9.59 Å². The van der Waals surface area contributed by atoms with E-state index in [1.807, 2.05) is 59.0 Å². The van der Waals surface area contributed by atoms with E-state index in [1.54, 1.807) is 0 Å². The van der Waals surface area contributed by atoms with Crippen LogP contribution in [-0.2, 0) is 16.1 Å². The Morgan fingerprint density at radius 2 is 1.87 bits per heavy atom. The van der Waals surface area contributed by atoms with Gasteiger partial charge in [0.1, 0.15) is 6.54 Å². The van der Waals surface area contributed by atoms with Crippen LogP contribution in [0.25, 0.3) is 0 Å². The van der Waals surface area contributed by atoms with Crippen LogP contribution in [0.2, 0.25) is 0 Å². The minimum absolute atomic E-state index is 0.0686. The zero-order valence-corrected chi connectivity index (χ0v) is 18.8. The van der Waals surface area contributed by atoms with Crippen molar-refractivity contribution >= 4 is 17.4 Å². The van der Waals surface area contributed by atoms with Crippen molar-refractivity contribution in [1.29, 1.82) is 0 Å². The van der Waals surface area contributed by atoms with E-state index in [1.165, 1.54) is 0 Å². The van der Waals surface area contributed by atoms with Crippen molar-refractivity contribution < 1.29 is 19.2 Å². The highest BCUT2D eigenvalue weighted by Crippen LogP contribution is 2.21. The number of amides is 1. The largest absolute Gasteiger partial charge is 0.376 e. The first-order valence-electron chi connectivity index (χ1n) is 10.7. The van der Waals surface area contributed by atoms with Crippen LogP contribution in [0.4, 0.5) is 5.69 Å². The number of aromatic nitrogens is 1. The van der Waals surface area contributed by atoms with Gasteiger partial charge >= 0.3 is 0 Å². The quantitative estimate of drug-likeness (QED) is 0.654. The lowest BCUT2D eigenvalue weighted by atomic mass is 10.1. The second-order valence-electron chi connectivity index (χ2n) is 8.58. The minimum Gasteiger partial charge on any atom is -0.376 e. The highest BCUT2D eigenvalue weighted by Gasteiger charge is 2.23. The van der Waals surface area contributed by atoms with Crippen LogP contribution in [0.15, 0.2) is 24.3 Å². The number of benzene rings is 1. The Morgan fingerprint density at radius 1 is 1.17 bits per heavy atom. The Balaban J connectivity index is 1.59. The molecule has 0 spiro atoms. The van der Waals surface area contributed by atoms with Gasteiger partial charge in [-0.1, -0.05) is 18.2 Å². The fourth-order valence-corrected chi connectivity index (χ4v) is 4.26. The van der Waals surface area contributed by atoms with Crippen LogP contribution in [-0.4, -0.2) is 49.1 Å². The summed E-state index contributed by atoms with van der Waals surface area (Å²) in [5, 5.41) is 3.00. The normalized spacial score (nSPS) is 17.2. The summed E-state index contributed by atoms with van der Waals surface area (Å²) < 4.78 is 7.94. The molecule has 0 saturated carbocycles. The molecule has 1 fully saturated rings. The van der Waals surface area contributed by atoms with E-state index >= 15 is 0 Å². The van der Waals surface area contributed by atoms with Gasteiger partial charge in [0.25, 0.3) is 5.91 Å². The van der Waals surface area contributed by atoms with Crippen molar-refractivity contribution in [2.24, 2.45) is 0 Å². The Bertz CT molecular complexity index is 906. The smallest absolute Gasteiger partial charge is 0.279 e. The highest BCUT2D eigenvalue weighted by atomic mass is 16.5. The summed E-state index contributed by atoms with van der Waals surface area (Å²) in [5.41, 5.74) is 5.75. The summed E-state index contributed by atoms with van der Waals surface area (Å²) in [7, 11) is 1.88. The Labute approximate surface area is 179 Å². The maximum Gasteiger partial charge on any atom is 0.279 e. The first-order chi connectivity index (χ1) is 14.3. The molecule has 1 amide bonds. The zero-order valence-electron chi connectivity index (χ0n) is 18.8. The molecule has 2 atom stereocenters. The average molecular weight is 413 g/mol. The monoisotopic (exact) mass is 412 g/mol. The molecule has 2 aromatic rings. The SMILES string of the molecule is Cc1cccc(C)c1NC(=O)C[NH+](C)CC(=O)c1cc(C)n(C[C@@H]2CCCO2)c1C. The van der Waals surface area contributed by atoms with Crippen LogP contribution >= 0.6 is 0 Å². The maximum atomic E-state index is 12.9. The number of rotatable bonds is 8. The van der Waals surface area contributed by atoms with Crippen molar-refractivity contribution in [3.05, 3.63) is 52.3 Å². The molecule has 1 aliphatic rings. The molecule has 30 heavy (non-hydrogen) atoms. The highest BCUT2D eigenvalue weighted by molar-refractivity contribution is 5.98. The molecular formula is C24H34N3O3+. The molecule has 3 rings (SSSR count). The molecule has 162 valence electrons. The molecule has 0 radical (unpaired) electrons. The molecular weight excluding hydrogens is 378 g/mol. The van der Waals surface area contributed by atoms with Crippen molar-refractivity contribution in [3.63, 3.8) is 0 Å². The van der Waals surface area contributed by atoms with Crippen molar-refractivity contribution in [3.8, 4) is 0 Å². The van der Waals surface area contributed by atoms with Crippen LogP contribution in [0.1, 0.15) is 45.7 Å². The number of hydrogen-bond acceptors (Lipinski definition) is 3. The molecule has 6 nitrogen and oxygen atoms in total. The van der Waals surface area contributed by atoms with Gasteiger partial charge in [0.05, 0.1) is 13.2 Å². The van der Waals surface area contributed by atoms with Gasteiger partial charge in [-0.25, -0.2) is 0 Å². The molecule has 1 unspecified atom stereocenters. The van der Waals surface area contributed by atoms with Crippen molar-refractivity contribution in [2.75, 3.05) is 32.1 Å². The molecule has 1 saturated heterocycles. The molecule has 1 aromatic heterocycles. The number of para-hydroxylation sites is 1. The average Bonchev–Trinajstić information content (AvgIpc) is 3.28. The van der Waals surface area contributed by atoms with Crippen molar-refractivity contribution in [2.45, 2.75) is 53.2 Å². The number of quaternary nitrogens is 1. The predicted molar refractivity (Wildman–Crippen MR) is 118 cm³/mol. The Morgan fingerprint density at radius 3 is 2.50 bits per heavy atom. The zero-order chi connectivity index (χ0) is 21.8. The second kappa shape index (κ2) is 9.58. The summed E-state index contributed by atoms with van der Waals surface area (Å²) in [5.74, 6) is -0.0133. The number of hydrogen-bond donors (Lipinski definition) is 2. The van der Waals surface area contributed by atoms with Gasteiger partial charge in [-0.2, -0.15) is 0 Å². The van der Waals surface area contributed by atoms with E-state index in [0.717, 1.165) is 64.7 Å². The number of Topliss-reactive ketones (excluding diaryl/α,β-unsaturated/α-hetero) is 1. The van der Waals surface area contributed by atoms with E-state index in [4.69, 9.17) is 4.74 Å². The lowest BCUT2D eigenvalue weighted by Crippen LogP contribution is -3.11. The second-order valence-corrected chi connectivity index (χ2v) is 8.58. The summed E-state index contributed by atoms with van der Waals surface area (Å²) in [6.07, 6.45) is 2.41. The summed E-state index contributed by atoms with van der Waals surface area (Å²) in [6.45, 7) is 10.1. The van der Waals surface area contributed by atoms with Crippen LogP contribution < -0.4 is 10.2 Å². The van der Waals surface area contributed by atoms with Gasteiger partial charge in [-0.15, -0.1) is 0 Å². The summed E-state index contributed by atoms with van der Waals surface area (Å²) in [4.78, 5) is 26.3.